The summed E-state index contributed by atoms with van der Waals surface area (Å²) in [5.41, 5.74) is 10.2. The average molecular weight is 612 g/mol. The lowest BCUT2D eigenvalue weighted by Gasteiger charge is -2.39. The highest BCUT2D eigenvalue weighted by molar-refractivity contribution is 7.16. The predicted octanol–water partition coefficient (Wildman–Crippen LogP) is 3.68. The van der Waals surface area contributed by atoms with E-state index in [9.17, 15) is 10.4 Å². The lowest BCUT2D eigenvalue weighted by Crippen LogP contribution is -2.35. The smallest absolute Gasteiger partial charge is 0.186 e. The number of aliphatic hydroxyl groups is 1. The van der Waals surface area contributed by atoms with E-state index in [0.29, 0.717) is 45.3 Å². The van der Waals surface area contributed by atoms with Crippen LogP contribution < -0.4 is 5.73 Å². The van der Waals surface area contributed by atoms with E-state index in [-0.39, 0.29) is 12.6 Å². The van der Waals surface area contributed by atoms with Crippen molar-refractivity contribution in [3.8, 4) is 23.4 Å². The molecule has 2 aliphatic carbocycles. The van der Waals surface area contributed by atoms with Crippen LogP contribution in [0.3, 0.4) is 0 Å². The first kappa shape index (κ1) is 27.4. The number of anilines is 1. The molecule has 0 saturated carbocycles. The summed E-state index contributed by atoms with van der Waals surface area (Å²) in [5.74, 6) is 1.73. The maximum Gasteiger partial charge on any atom is 0.186 e. The molecule has 1 fully saturated rings. The topological polar surface area (TPSA) is 174 Å². The van der Waals surface area contributed by atoms with Gasteiger partial charge in [0.1, 0.15) is 16.8 Å². The van der Waals surface area contributed by atoms with Crippen LogP contribution in [0.1, 0.15) is 84.5 Å². The molecule has 6 heterocycles. The number of nitrogens with zero attached hydrogens (tertiary/aromatic N) is 10. The molecule has 1 spiro atoms. The molecule has 3 unspecified atom stereocenters. The van der Waals surface area contributed by atoms with Gasteiger partial charge in [-0.3, -0.25) is 0 Å². The molecule has 0 amide bonds. The highest BCUT2D eigenvalue weighted by Crippen LogP contribution is 2.55. The zero-order valence-electron chi connectivity index (χ0n) is 24.7. The van der Waals surface area contributed by atoms with Crippen molar-refractivity contribution in [1.82, 2.24) is 44.8 Å². The number of rotatable bonds is 5. The molecule has 14 heteroatoms. The summed E-state index contributed by atoms with van der Waals surface area (Å²) in [4.78, 5) is 13.6. The van der Waals surface area contributed by atoms with E-state index >= 15 is 0 Å². The number of nitrogen functional groups attached to an aromatic ring is 1. The minimum absolute atomic E-state index is 0.0722. The number of nitriles is 1. The van der Waals surface area contributed by atoms with Crippen molar-refractivity contribution in [2.45, 2.75) is 82.4 Å². The molecular weight excluding hydrogens is 578 g/mol. The SMILES string of the molecule is CC(C1CCCN1C)n1ncc2c(-n3cc(CO)nn3)nc(-c3noc4c3CCCC43CCCc4sc(N)c(C#N)c43)nc21. The monoisotopic (exact) mass is 611 g/mol. The molecule has 3 N–H and O–H groups in total. The quantitative estimate of drug-likeness (QED) is 0.297. The zero-order chi connectivity index (χ0) is 30.2. The Labute approximate surface area is 257 Å². The van der Waals surface area contributed by atoms with Gasteiger partial charge in [0, 0.05) is 16.5 Å². The second-order valence-corrected chi connectivity index (χ2v) is 13.5. The molecule has 5 aromatic heterocycles. The zero-order valence-corrected chi connectivity index (χ0v) is 25.5. The Morgan fingerprint density at radius 3 is 2.84 bits per heavy atom. The average Bonchev–Trinajstić information content (AvgIpc) is 3.86. The molecule has 226 valence electrons. The van der Waals surface area contributed by atoms with Crippen molar-refractivity contribution >= 4 is 27.4 Å². The predicted molar refractivity (Wildman–Crippen MR) is 162 cm³/mol. The molecule has 0 bridgehead atoms. The molecule has 0 aromatic carbocycles. The minimum atomic E-state index is -0.441. The van der Waals surface area contributed by atoms with Gasteiger partial charge in [0.05, 0.1) is 41.4 Å². The molecule has 5 aromatic rings. The number of thiophene rings is 1. The third-order valence-corrected chi connectivity index (χ3v) is 11.0. The largest absolute Gasteiger partial charge is 0.390 e. The minimum Gasteiger partial charge on any atom is -0.390 e. The Balaban J connectivity index is 1.31. The van der Waals surface area contributed by atoms with Crippen LogP contribution in [-0.2, 0) is 24.9 Å². The first-order chi connectivity index (χ1) is 21.4. The van der Waals surface area contributed by atoms with Crippen LogP contribution in [-0.4, -0.2) is 69.5 Å². The number of fused-ring (bicyclic) bond motifs is 5. The van der Waals surface area contributed by atoms with Crippen LogP contribution in [0.25, 0.3) is 28.4 Å². The fourth-order valence-electron chi connectivity index (χ4n) is 7.89. The molecule has 0 radical (unpaired) electrons. The molecule has 1 aliphatic heterocycles. The number of likely N-dealkylation sites (tertiary alicyclic amines) is 1. The van der Waals surface area contributed by atoms with E-state index < -0.39 is 5.41 Å². The summed E-state index contributed by atoms with van der Waals surface area (Å²) in [6.07, 6.45) is 11.0. The Hall–Kier alpha value is -4.19. The molecule has 3 atom stereocenters. The van der Waals surface area contributed by atoms with Gasteiger partial charge in [-0.2, -0.15) is 10.4 Å². The molecular formula is C30H33N11O2S. The fraction of sp³-hybridized carbons (Fsp3) is 0.500. The number of likely N-dealkylation sites (N-methyl/N-ethyl adjacent to an activating group) is 1. The van der Waals surface area contributed by atoms with Crippen LogP contribution in [0.4, 0.5) is 5.00 Å². The van der Waals surface area contributed by atoms with Crippen LogP contribution >= 0.6 is 11.3 Å². The van der Waals surface area contributed by atoms with Gasteiger partial charge in [0.15, 0.2) is 28.7 Å². The van der Waals surface area contributed by atoms with Gasteiger partial charge < -0.3 is 20.3 Å². The number of hydrogen-bond acceptors (Lipinski definition) is 12. The van der Waals surface area contributed by atoms with Gasteiger partial charge in [-0.1, -0.05) is 10.4 Å². The lowest BCUT2D eigenvalue weighted by molar-refractivity contribution is 0.232. The number of nitrogens with two attached hydrogens (primary N) is 1. The summed E-state index contributed by atoms with van der Waals surface area (Å²) in [6, 6.07) is 2.79. The van der Waals surface area contributed by atoms with E-state index in [1.165, 1.54) is 16.2 Å². The van der Waals surface area contributed by atoms with Gasteiger partial charge in [-0.15, -0.1) is 16.4 Å². The summed E-state index contributed by atoms with van der Waals surface area (Å²) in [5, 5.41) is 38.9. The molecule has 1 saturated heterocycles. The van der Waals surface area contributed by atoms with Crippen LogP contribution in [0.2, 0.25) is 0 Å². The van der Waals surface area contributed by atoms with Crippen molar-refractivity contribution in [2.75, 3.05) is 19.3 Å². The Morgan fingerprint density at radius 1 is 1.25 bits per heavy atom. The van der Waals surface area contributed by atoms with Gasteiger partial charge in [0.25, 0.3) is 0 Å². The summed E-state index contributed by atoms with van der Waals surface area (Å²) in [6.45, 7) is 3.01. The molecule has 13 nitrogen and oxygen atoms in total. The molecule has 8 rings (SSSR count). The number of aromatic nitrogens is 8. The van der Waals surface area contributed by atoms with Gasteiger partial charge >= 0.3 is 0 Å². The van der Waals surface area contributed by atoms with Crippen LogP contribution in [0, 0.1) is 11.3 Å². The summed E-state index contributed by atoms with van der Waals surface area (Å²) >= 11 is 1.53. The van der Waals surface area contributed by atoms with Crippen molar-refractivity contribution in [3.05, 3.63) is 45.4 Å². The number of hydrogen-bond donors (Lipinski definition) is 2. The fourth-order valence-corrected chi connectivity index (χ4v) is 9.05. The first-order valence-corrected chi connectivity index (χ1v) is 16.0. The van der Waals surface area contributed by atoms with Gasteiger partial charge in [0.2, 0.25) is 0 Å². The Bertz CT molecular complexity index is 1940. The highest BCUT2D eigenvalue weighted by atomic mass is 32.1. The standard InChI is InChI=1S/C30H33N11O2S/c1-16(21-7-5-11-39(21)2)41-29-20(13-33-41)28(40-14-17(15-42)36-38-40)34-27(35-29)24-18-6-3-9-30(25(18)43-37-24)10-4-8-22-23(30)19(12-31)26(32)44-22/h13-14,16,21,42H,3-11,15,32H2,1-2H3. The highest BCUT2D eigenvalue weighted by Gasteiger charge is 2.49. The number of aliphatic hydroxyl groups excluding tert-OH is 1. The number of aryl methyl sites for hydroxylation is 1. The Morgan fingerprint density at radius 2 is 2.09 bits per heavy atom. The van der Waals surface area contributed by atoms with E-state index in [2.05, 4.69) is 40.4 Å². The third kappa shape index (κ3) is 3.89. The maximum absolute atomic E-state index is 10.1. The van der Waals surface area contributed by atoms with Crippen LogP contribution in [0.15, 0.2) is 16.9 Å². The van der Waals surface area contributed by atoms with Crippen molar-refractivity contribution in [1.29, 1.82) is 5.26 Å². The third-order valence-electron chi connectivity index (χ3n) is 9.94. The Kier molecular flexibility index (Phi) is 6.33. The normalized spacial score (nSPS) is 22.4. The maximum atomic E-state index is 10.1. The van der Waals surface area contributed by atoms with E-state index in [1.54, 1.807) is 17.1 Å². The summed E-state index contributed by atoms with van der Waals surface area (Å²) < 4.78 is 9.80. The van der Waals surface area contributed by atoms with Crippen molar-refractivity contribution in [3.63, 3.8) is 0 Å². The van der Waals surface area contributed by atoms with Gasteiger partial charge in [-0.25, -0.2) is 19.3 Å². The first-order valence-electron chi connectivity index (χ1n) is 15.2. The molecule has 44 heavy (non-hydrogen) atoms. The van der Waals surface area contributed by atoms with Crippen molar-refractivity contribution < 1.29 is 9.63 Å². The van der Waals surface area contributed by atoms with E-state index in [4.69, 9.17) is 25.3 Å². The second-order valence-electron chi connectivity index (χ2n) is 12.3. The van der Waals surface area contributed by atoms with Gasteiger partial charge in [-0.05, 0) is 77.4 Å². The summed E-state index contributed by atoms with van der Waals surface area (Å²) in [7, 11) is 2.16. The van der Waals surface area contributed by atoms with Crippen LogP contribution in [0.5, 0.6) is 0 Å². The second kappa shape index (κ2) is 10.2. The van der Waals surface area contributed by atoms with E-state index in [1.807, 2.05) is 4.68 Å². The van der Waals surface area contributed by atoms with Crippen molar-refractivity contribution in [2.24, 2.45) is 0 Å². The lowest BCUT2D eigenvalue weighted by atomic mass is 9.63. The van der Waals surface area contributed by atoms with E-state index in [0.717, 1.165) is 80.2 Å². The molecule has 3 aliphatic rings.